The van der Waals surface area contributed by atoms with Gasteiger partial charge in [0.2, 0.25) is 5.88 Å². The number of aromatic hydroxyl groups is 1. The minimum atomic E-state index is -0.0492. The Morgan fingerprint density at radius 3 is 2.82 bits per heavy atom. The van der Waals surface area contributed by atoms with Crippen molar-refractivity contribution in [1.82, 2.24) is 9.97 Å². The van der Waals surface area contributed by atoms with Gasteiger partial charge in [0.25, 0.3) is 0 Å². The molecule has 1 heterocycles. The third-order valence-corrected chi connectivity index (χ3v) is 1.15. The van der Waals surface area contributed by atoms with E-state index in [4.69, 9.17) is 5.11 Å². The van der Waals surface area contributed by atoms with Gasteiger partial charge in [-0.15, -0.1) is 5.92 Å². The van der Waals surface area contributed by atoms with Gasteiger partial charge in [-0.1, -0.05) is 5.92 Å². The molecule has 56 valence electrons. The van der Waals surface area contributed by atoms with Crippen LogP contribution in [-0.2, 0) is 0 Å². The molecule has 0 atom stereocenters. The smallest absolute Gasteiger partial charge is 0.230 e. The SMILES string of the molecule is CC#Cc1cnc(C)nc1O. The van der Waals surface area contributed by atoms with Gasteiger partial charge in [-0.25, -0.2) is 4.98 Å². The molecule has 0 aliphatic rings. The number of rotatable bonds is 0. The molecule has 0 bridgehead atoms. The fourth-order valence-electron chi connectivity index (χ4n) is 0.681. The van der Waals surface area contributed by atoms with Crippen LogP contribution in [0.2, 0.25) is 0 Å². The lowest BCUT2D eigenvalue weighted by molar-refractivity contribution is 0.448. The van der Waals surface area contributed by atoms with Crippen LogP contribution in [0.25, 0.3) is 0 Å². The fourth-order valence-corrected chi connectivity index (χ4v) is 0.681. The third-order valence-electron chi connectivity index (χ3n) is 1.15. The molecule has 0 spiro atoms. The summed E-state index contributed by atoms with van der Waals surface area (Å²) in [4.78, 5) is 7.62. The zero-order valence-corrected chi connectivity index (χ0v) is 6.42. The van der Waals surface area contributed by atoms with Crippen molar-refractivity contribution in [3.05, 3.63) is 17.6 Å². The van der Waals surface area contributed by atoms with Crippen LogP contribution < -0.4 is 0 Å². The van der Waals surface area contributed by atoms with E-state index in [1.807, 2.05) is 0 Å². The first-order valence-corrected chi connectivity index (χ1v) is 3.19. The van der Waals surface area contributed by atoms with Crippen LogP contribution in [0.3, 0.4) is 0 Å². The minimum absolute atomic E-state index is 0.0492. The Hall–Kier alpha value is -1.56. The van der Waals surface area contributed by atoms with Crippen molar-refractivity contribution < 1.29 is 5.11 Å². The van der Waals surface area contributed by atoms with Gasteiger partial charge in [0.15, 0.2) is 0 Å². The van der Waals surface area contributed by atoms with Crippen molar-refractivity contribution in [3.8, 4) is 17.7 Å². The summed E-state index contributed by atoms with van der Waals surface area (Å²) in [5.74, 6) is 5.83. The van der Waals surface area contributed by atoms with Crippen LogP contribution in [-0.4, -0.2) is 15.1 Å². The van der Waals surface area contributed by atoms with Gasteiger partial charge in [-0.3, -0.25) is 0 Å². The molecule has 1 rings (SSSR count). The molecule has 0 radical (unpaired) electrons. The van der Waals surface area contributed by atoms with Gasteiger partial charge in [0.1, 0.15) is 11.4 Å². The molecule has 1 N–H and O–H groups in total. The van der Waals surface area contributed by atoms with E-state index >= 15 is 0 Å². The van der Waals surface area contributed by atoms with Crippen LogP contribution >= 0.6 is 0 Å². The zero-order valence-electron chi connectivity index (χ0n) is 6.42. The van der Waals surface area contributed by atoms with Crippen LogP contribution in [0.1, 0.15) is 18.3 Å². The highest BCUT2D eigenvalue weighted by Gasteiger charge is 1.98. The highest BCUT2D eigenvalue weighted by Crippen LogP contribution is 2.09. The molecule has 0 aromatic carbocycles. The molecule has 0 saturated carbocycles. The van der Waals surface area contributed by atoms with E-state index in [1.54, 1.807) is 13.8 Å². The van der Waals surface area contributed by atoms with Crippen molar-refractivity contribution in [2.24, 2.45) is 0 Å². The Labute approximate surface area is 65.1 Å². The lowest BCUT2D eigenvalue weighted by atomic mass is 10.3. The van der Waals surface area contributed by atoms with E-state index in [-0.39, 0.29) is 5.88 Å². The predicted molar refractivity (Wildman–Crippen MR) is 41.0 cm³/mol. The Morgan fingerprint density at radius 1 is 1.55 bits per heavy atom. The van der Waals surface area contributed by atoms with E-state index in [9.17, 15) is 0 Å². The molecule has 0 fully saturated rings. The van der Waals surface area contributed by atoms with Gasteiger partial charge in [0.05, 0.1) is 6.20 Å². The maximum absolute atomic E-state index is 9.17. The first-order chi connectivity index (χ1) is 5.24. The average molecular weight is 148 g/mol. The molecule has 0 aliphatic heterocycles. The van der Waals surface area contributed by atoms with Crippen molar-refractivity contribution in [2.45, 2.75) is 13.8 Å². The summed E-state index contributed by atoms with van der Waals surface area (Å²) in [6, 6.07) is 0. The number of hydrogen-bond acceptors (Lipinski definition) is 3. The molecule has 0 unspecified atom stereocenters. The van der Waals surface area contributed by atoms with E-state index in [2.05, 4.69) is 21.8 Å². The number of aromatic nitrogens is 2. The molecular weight excluding hydrogens is 140 g/mol. The van der Waals surface area contributed by atoms with Gasteiger partial charge < -0.3 is 5.11 Å². The van der Waals surface area contributed by atoms with Crippen LogP contribution in [0, 0.1) is 18.8 Å². The second-order valence-corrected chi connectivity index (χ2v) is 2.03. The molecule has 11 heavy (non-hydrogen) atoms. The van der Waals surface area contributed by atoms with Crippen molar-refractivity contribution in [3.63, 3.8) is 0 Å². The quantitative estimate of drug-likeness (QED) is 0.555. The van der Waals surface area contributed by atoms with Gasteiger partial charge in [0, 0.05) is 0 Å². The summed E-state index contributed by atoms with van der Waals surface area (Å²) in [5.41, 5.74) is 0.470. The highest BCUT2D eigenvalue weighted by atomic mass is 16.3. The molecule has 0 aliphatic carbocycles. The summed E-state index contributed by atoms with van der Waals surface area (Å²) in [5, 5.41) is 9.17. The predicted octanol–water partition coefficient (Wildman–Crippen LogP) is 0.862. The van der Waals surface area contributed by atoms with Gasteiger partial charge in [-0.05, 0) is 13.8 Å². The fraction of sp³-hybridized carbons (Fsp3) is 0.250. The summed E-state index contributed by atoms with van der Waals surface area (Å²) in [6.45, 7) is 3.40. The Kier molecular flexibility index (Phi) is 2.07. The minimum Gasteiger partial charge on any atom is -0.492 e. The van der Waals surface area contributed by atoms with E-state index in [0.29, 0.717) is 11.4 Å². The molecule has 1 aromatic heterocycles. The van der Waals surface area contributed by atoms with Crippen LogP contribution in [0.4, 0.5) is 0 Å². The molecule has 1 aromatic rings. The summed E-state index contributed by atoms with van der Waals surface area (Å²) in [6.07, 6.45) is 1.51. The van der Waals surface area contributed by atoms with Crippen molar-refractivity contribution in [2.75, 3.05) is 0 Å². The molecule has 3 heteroatoms. The van der Waals surface area contributed by atoms with Crippen molar-refractivity contribution in [1.29, 1.82) is 0 Å². The largest absolute Gasteiger partial charge is 0.492 e. The third kappa shape index (κ3) is 1.68. The number of aryl methyl sites for hydroxylation is 1. The van der Waals surface area contributed by atoms with Gasteiger partial charge >= 0.3 is 0 Å². The van der Waals surface area contributed by atoms with Crippen LogP contribution in [0.15, 0.2) is 6.20 Å². The van der Waals surface area contributed by atoms with E-state index in [1.165, 1.54) is 6.20 Å². The van der Waals surface area contributed by atoms with Crippen LogP contribution in [0.5, 0.6) is 5.88 Å². The average Bonchev–Trinajstić information content (AvgIpc) is 1.95. The Bertz CT molecular complexity index is 323. The standard InChI is InChI=1S/C8H8N2O/c1-3-4-7-5-9-6(2)10-8(7)11/h5H,1-2H3,(H,9,10,11). The number of hydrogen-bond donors (Lipinski definition) is 1. The van der Waals surface area contributed by atoms with Gasteiger partial charge in [-0.2, -0.15) is 4.98 Å². The summed E-state index contributed by atoms with van der Waals surface area (Å²) >= 11 is 0. The topological polar surface area (TPSA) is 46.0 Å². The Balaban J connectivity index is 3.16. The maximum atomic E-state index is 9.17. The number of nitrogens with zero attached hydrogens (tertiary/aromatic N) is 2. The lowest BCUT2D eigenvalue weighted by Gasteiger charge is -1.94. The Morgan fingerprint density at radius 2 is 2.27 bits per heavy atom. The van der Waals surface area contributed by atoms with E-state index in [0.717, 1.165) is 0 Å². The first kappa shape index (κ1) is 7.55. The lowest BCUT2D eigenvalue weighted by Crippen LogP contribution is -1.89. The summed E-state index contributed by atoms with van der Waals surface area (Å²) in [7, 11) is 0. The molecule has 3 nitrogen and oxygen atoms in total. The first-order valence-electron chi connectivity index (χ1n) is 3.19. The van der Waals surface area contributed by atoms with E-state index < -0.39 is 0 Å². The zero-order chi connectivity index (χ0) is 8.27. The van der Waals surface area contributed by atoms with Crippen molar-refractivity contribution >= 4 is 0 Å². The maximum Gasteiger partial charge on any atom is 0.230 e. The second kappa shape index (κ2) is 3.02. The molecule has 0 saturated heterocycles. The highest BCUT2D eigenvalue weighted by molar-refractivity contribution is 5.38. The monoisotopic (exact) mass is 148 g/mol. The molecule has 0 amide bonds. The normalized spacial score (nSPS) is 8.55. The molecular formula is C8H8N2O. The second-order valence-electron chi connectivity index (χ2n) is 2.03. The summed E-state index contributed by atoms with van der Waals surface area (Å²) < 4.78 is 0.